The van der Waals surface area contributed by atoms with Crippen LogP contribution < -0.4 is 5.32 Å². The van der Waals surface area contributed by atoms with Crippen molar-refractivity contribution in [2.75, 3.05) is 41.3 Å². The first kappa shape index (κ1) is 14.2. The van der Waals surface area contributed by atoms with E-state index in [4.69, 9.17) is 0 Å². The molecule has 0 fully saturated rings. The molecule has 0 aromatic heterocycles. The van der Waals surface area contributed by atoms with Crippen molar-refractivity contribution >= 4 is 0 Å². The van der Waals surface area contributed by atoms with Crippen molar-refractivity contribution in [2.45, 2.75) is 13.1 Å². The van der Waals surface area contributed by atoms with Crippen LogP contribution in [0.5, 0.6) is 0 Å². The summed E-state index contributed by atoms with van der Waals surface area (Å²) < 4.78 is 0. The van der Waals surface area contributed by atoms with E-state index in [1.165, 1.54) is 11.1 Å². The Hall–Kier alpha value is -0.900. The van der Waals surface area contributed by atoms with Gasteiger partial charge in [0.05, 0.1) is 0 Å². The van der Waals surface area contributed by atoms with Gasteiger partial charge in [-0.1, -0.05) is 24.3 Å². The van der Waals surface area contributed by atoms with Crippen LogP contribution in [0, 0.1) is 0 Å². The number of hydrogen-bond acceptors (Lipinski definition) is 3. The number of rotatable bonds is 7. The lowest BCUT2D eigenvalue weighted by molar-refractivity contribution is 0.275. The predicted octanol–water partition coefficient (Wildman–Crippen LogP) is 1.40. The zero-order valence-electron chi connectivity index (χ0n) is 11.5. The minimum Gasteiger partial charge on any atom is -0.316 e. The molecular weight excluding hydrogens is 210 g/mol. The fourth-order valence-electron chi connectivity index (χ4n) is 1.82. The fraction of sp³-hybridized carbons (Fsp3) is 0.571. The molecule has 1 aromatic carbocycles. The van der Waals surface area contributed by atoms with Gasteiger partial charge in [-0.2, -0.15) is 0 Å². The molecule has 0 heterocycles. The van der Waals surface area contributed by atoms with Crippen LogP contribution in [0.2, 0.25) is 0 Å². The van der Waals surface area contributed by atoms with Gasteiger partial charge in [-0.05, 0) is 39.3 Å². The standard InChI is InChI=1S/C14H25N3/c1-15-11-13-7-5-6-8-14(13)12-17(4)10-9-16(2)3/h5-8,15H,9-12H2,1-4H3. The molecule has 0 aliphatic carbocycles. The highest BCUT2D eigenvalue weighted by Crippen LogP contribution is 2.10. The van der Waals surface area contributed by atoms with Crippen molar-refractivity contribution in [3.05, 3.63) is 35.4 Å². The highest BCUT2D eigenvalue weighted by molar-refractivity contribution is 5.26. The van der Waals surface area contributed by atoms with Crippen molar-refractivity contribution in [2.24, 2.45) is 0 Å². The third-order valence-electron chi connectivity index (χ3n) is 2.85. The van der Waals surface area contributed by atoms with Gasteiger partial charge < -0.3 is 15.1 Å². The van der Waals surface area contributed by atoms with Crippen molar-refractivity contribution in [1.29, 1.82) is 0 Å². The fourth-order valence-corrected chi connectivity index (χ4v) is 1.82. The summed E-state index contributed by atoms with van der Waals surface area (Å²) in [6, 6.07) is 8.65. The van der Waals surface area contributed by atoms with E-state index in [-0.39, 0.29) is 0 Å². The molecule has 0 saturated carbocycles. The third-order valence-corrected chi connectivity index (χ3v) is 2.85. The summed E-state index contributed by atoms with van der Waals surface area (Å²) in [6.07, 6.45) is 0. The summed E-state index contributed by atoms with van der Waals surface area (Å²) >= 11 is 0. The maximum atomic E-state index is 3.22. The summed E-state index contributed by atoms with van der Waals surface area (Å²) in [5.74, 6) is 0. The Morgan fingerprint density at radius 3 is 2.24 bits per heavy atom. The average Bonchev–Trinajstić information content (AvgIpc) is 2.29. The van der Waals surface area contributed by atoms with Crippen LogP contribution in [0.1, 0.15) is 11.1 Å². The van der Waals surface area contributed by atoms with Crippen molar-refractivity contribution < 1.29 is 0 Å². The van der Waals surface area contributed by atoms with Gasteiger partial charge in [-0.15, -0.1) is 0 Å². The average molecular weight is 235 g/mol. The highest BCUT2D eigenvalue weighted by Gasteiger charge is 2.04. The lowest BCUT2D eigenvalue weighted by Crippen LogP contribution is -2.28. The molecule has 3 heteroatoms. The topological polar surface area (TPSA) is 18.5 Å². The molecule has 1 N–H and O–H groups in total. The molecule has 96 valence electrons. The summed E-state index contributed by atoms with van der Waals surface area (Å²) in [6.45, 7) is 4.16. The lowest BCUT2D eigenvalue weighted by Gasteiger charge is -2.20. The Labute approximate surface area is 105 Å². The minimum atomic E-state index is 0.942. The van der Waals surface area contributed by atoms with Crippen molar-refractivity contribution in [3.8, 4) is 0 Å². The summed E-state index contributed by atoms with van der Waals surface area (Å²) in [5.41, 5.74) is 2.81. The van der Waals surface area contributed by atoms with E-state index in [2.05, 4.69) is 60.5 Å². The molecule has 1 rings (SSSR count). The van der Waals surface area contributed by atoms with Gasteiger partial charge in [-0.3, -0.25) is 0 Å². The second-order valence-electron chi connectivity index (χ2n) is 4.84. The van der Waals surface area contributed by atoms with E-state index in [9.17, 15) is 0 Å². The number of nitrogens with one attached hydrogen (secondary N) is 1. The van der Waals surface area contributed by atoms with Crippen LogP contribution in [0.15, 0.2) is 24.3 Å². The molecule has 0 aliphatic rings. The molecule has 0 spiro atoms. The normalized spacial score (nSPS) is 11.4. The largest absolute Gasteiger partial charge is 0.316 e. The quantitative estimate of drug-likeness (QED) is 0.771. The van der Waals surface area contributed by atoms with Crippen molar-refractivity contribution in [3.63, 3.8) is 0 Å². The van der Waals surface area contributed by atoms with Crippen LogP contribution in [0.25, 0.3) is 0 Å². The molecule has 17 heavy (non-hydrogen) atoms. The number of likely N-dealkylation sites (N-methyl/N-ethyl adjacent to an activating group) is 2. The van der Waals surface area contributed by atoms with Crippen LogP contribution in [-0.4, -0.2) is 51.1 Å². The van der Waals surface area contributed by atoms with Crippen LogP contribution in [-0.2, 0) is 13.1 Å². The number of nitrogens with zero attached hydrogens (tertiary/aromatic N) is 2. The van der Waals surface area contributed by atoms with Crippen LogP contribution >= 0.6 is 0 Å². The molecule has 0 atom stereocenters. The maximum Gasteiger partial charge on any atom is 0.0234 e. The molecule has 0 bridgehead atoms. The van der Waals surface area contributed by atoms with Gasteiger partial charge in [0.25, 0.3) is 0 Å². The highest BCUT2D eigenvalue weighted by atomic mass is 15.1. The lowest BCUT2D eigenvalue weighted by atomic mass is 10.1. The number of hydrogen-bond donors (Lipinski definition) is 1. The van der Waals surface area contributed by atoms with Gasteiger partial charge >= 0.3 is 0 Å². The first-order valence-electron chi connectivity index (χ1n) is 6.18. The summed E-state index contributed by atoms with van der Waals surface area (Å²) in [7, 11) is 8.40. The van der Waals surface area contributed by atoms with Gasteiger partial charge in [0.15, 0.2) is 0 Å². The van der Waals surface area contributed by atoms with E-state index in [1.54, 1.807) is 0 Å². The Balaban J connectivity index is 2.54. The maximum absolute atomic E-state index is 3.22. The molecule has 0 amide bonds. The molecule has 0 radical (unpaired) electrons. The monoisotopic (exact) mass is 235 g/mol. The summed E-state index contributed by atoms with van der Waals surface area (Å²) in [5, 5.41) is 3.22. The Bertz CT molecular complexity index is 323. The second-order valence-corrected chi connectivity index (χ2v) is 4.84. The molecule has 0 unspecified atom stereocenters. The van der Waals surface area contributed by atoms with Gasteiger partial charge in [-0.25, -0.2) is 0 Å². The van der Waals surface area contributed by atoms with Crippen LogP contribution in [0.4, 0.5) is 0 Å². The van der Waals surface area contributed by atoms with E-state index in [0.29, 0.717) is 0 Å². The van der Waals surface area contributed by atoms with E-state index >= 15 is 0 Å². The second kappa shape index (κ2) is 7.43. The zero-order chi connectivity index (χ0) is 12.7. The number of benzene rings is 1. The van der Waals surface area contributed by atoms with Crippen molar-refractivity contribution in [1.82, 2.24) is 15.1 Å². The van der Waals surface area contributed by atoms with E-state index in [0.717, 1.165) is 26.2 Å². The smallest absolute Gasteiger partial charge is 0.0234 e. The molecule has 3 nitrogen and oxygen atoms in total. The predicted molar refractivity (Wildman–Crippen MR) is 74.1 cm³/mol. The molecular formula is C14H25N3. The zero-order valence-corrected chi connectivity index (χ0v) is 11.5. The molecule has 0 saturated heterocycles. The first-order chi connectivity index (χ1) is 8.13. The Kier molecular flexibility index (Phi) is 6.19. The van der Waals surface area contributed by atoms with Gasteiger partial charge in [0.2, 0.25) is 0 Å². The molecule has 1 aromatic rings. The van der Waals surface area contributed by atoms with Crippen LogP contribution in [0.3, 0.4) is 0 Å². The Morgan fingerprint density at radius 1 is 1.00 bits per heavy atom. The third kappa shape index (κ3) is 5.31. The summed E-state index contributed by atoms with van der Waals surface area (Å²) in [4.78, 5) is 4.59. The minimum absolute atomic E-state index is 0.942. The van der Waals surface area contributed by atoms with Gasteiger partial charge in [0, 0.05) is 26.2 Å². The van der Waals surface area contributed by atoms with E-state index < -0.39 is 0 Å². The molecule has 0 aliphatic heterocycles. The Morgan fingerprint density at radius 2 is 1.65 bits per heavy atom. The SMILES string of the molecule is CNCc1ccccc1CN(C)CCN(C)C. The van der Waals surface area contributed by atoms with Gasteiger partial charge in [0.1, 0.15) is 0 Å². The van der Waals surface area contributed by atoms with E-state index in [1.807, 2.05) is 7.05 Å². The first-order valence-corrected chi connectivity index (χ1v) is 6.18.